The minimum absolute atomic E-state index is 0.0111. The van der Waals surface area contributed by atoms with Crippen LogP contribution in [0, 0.1) is 19.3 Å². The van der Waals surface area contributed by atoms with Crippen molar-refractivity contribution in [2.75, 3.05) is 19.7 Å². The lowest BCUT2D eigenvalue weighted by Gasteiger charge is -2.42. The molecule has 0 saturated carbocycles. The lowest BCUT2D eigenvalue weighted by Crippen LogP contribution is -2.54. The summed E-state index contributed by atoms with van der Waals surface area (Å²) in [5.41, 5.74) is 8.55. The third kappa shape index (κ3) is 4.01. The fraction of sp³-hybridized carbons (Fsp3) is 0.611. The van der Waals surface area contributed by atoms with Gasteiger partial charge in [0, 0.05) is 19.1 Å². The van der Waals surface area contributed by atoms with Crippen LogP contribution >= 0.6 is 0 Å². The highest BCUT2D eigenvalue weighted by molar-refractivity contribution is 5.76. The quantitative estimate of drug-likeness (QED) is 0.930. The summed E-state index contributed by atoms with van der Waals surface area (Å²) >= 11 is 0. The first-order valence-electron chi connectivity index (χ1n) is 8.03. The van der Waals surface area contributed by atoms with E-state index in [1.54, 1.807) is 0 Å². The summed E-state index contributed by atoms with van der Waals surface area (Å²) in [6, 6.07) is 6.18. The van der Waals surface area contributed by atoms with E-state index in [0.29, 0.717) is 13.0 Å². The van der Waals surface area contributed by atoms with Gasteiger partial charge in [0.25, 0.3) is 0 Å². The topological polar surface area (TPSA) is 55.6 Å². The normalized spacial score (nSPS) is 20.8. The van der Waals surface area contributed by atoms with Crippen molar-refractivity contribution in [2.24, 2.45) is 11.1 Å². The average Bonchev–Trinajstić information content (AvgIpc) is 2.45. The maximum atomic E-state index is 12.3. The third-order valence-corrected chi connectivity index (χ3v) is 4.73. The predicted octanol–water partition coefficient (Wildman–Crippen LogP) is 2.66. The first-order valence-corrected chi connectivity index (χ1v) is 8.03. The molecule has 1 fully saturated rings. The van der Waals surface area contributed by atoms with Gasteiger partial charge in [0.1, 0.15) is 5.75 Å². The monoisotopic (exact) mass is 304 g/mol. The van der Waals surface area contributed by atoms with Gasteiger partial charge in [0.15, 0.2) is 0 Å². The van der Waals surface area contributed by atoms with Gasteiger partial charge in [-0.1, -0.05) is 19.9 Å². The number of nitrogens with zero attached hydrogens (tertiary/aromatic N) is 1. The largest absolute Gasteiger partial charge is 0.493 e. The smallest absolute Gasteiger partial charge is 0.226 e. The maximum Gasteiger partial charge on any atom is 0.226 e. The van der Waals surface area contributed by atoms with Crippen LogP contribution in [0.2, 0.25) is 0 Å². The first kappa shape index (κ1) is 16.8. The molecule has 22 heavy (non-hydrogen) atoms. The summed E-state index contributed by atoms with van der Waals surface area (Å²) in [6.07, 6.45) is 1.29. The molecule has 0 aliphatic carbocycles. The number of piperidine rings is 1. The summed E-state index contributed by atoms with van der Waals surface area (Å²) in [4.78, 5) is 14.2. The van der Waals surface area contributed by atoms with Gasteiger partial charge < -0.3 is 15.4 Å². The van der Waals surface area contributed by atoms with E-state index in [-0.39, 0.29) is 17.4 Å². The van der Waals surface area contributed by atoms with Gasteiger partial charge in [0.05, 0.1) is 13.0 Å². The van der Waals surface area contributed by atoms with Gasteiger partial charge in [-0.25, -0.2) is 0 Å². The van der Waals surface area contributed by atoms with Crippen molar-refractivity contribution in [1.82, 2.24) is 4.90 Å². The van der Waals surface area contributed by atoms with E-state index >= 15 is 0 Å². The molecule has 0 bridgehead atoms. The third-order valence-electron chi connectivity index (χ3n) is 4.73. The Balaban J connectivity index is 1.81. The lowest BCUT2D eigenvalue weighted by molar-refractivity contribution is -0.135. The average molecular weight is 304 g/mol. The van der Waals surface area contributed by atoms with Gasteiger partial charge >= 0.3 is 0 Å². The second kappa shape index (κ2) is 6.69. The van der Waals surface area contributed by atoms with E-state index < -0.39 is 0 Å². The van der Waals surface area contributed by atoms with E-state index in [9.17, 15) is 4.79 Å². The molecule has 122 valence electrons. The molecular formula is C18H28N2O2. The Labute approximate surface area is 133 Å². The van der Waals surface area contributed by atoms with Gasteiger partial charge in [-0.3, -0.25) is 4.79 Å². The number of likely N-dealkylation sites (tertiary alicyclic amines) is 1. The molecule has 0 aromatic heterocycles. The van der Waals surface area contributed by atoms with Crippen molar-refractivity contribution in [3.05, 3.63) is 29.3 Å². The Morgan fingerprint density at radius 1 is 1.36 bits per heavy atom. The van der Waals surface area contributed by atoms with Crippen LogP contribution in [0.1, 0.15) is 37.8 Å². The number of benzene rings is 1. The second-order valence-electron chi connectivity index (χ2n) is 7.04. The van der Waals surface area contributed by atoms with Crippen LogP contribution in [0.4, 0.5) is 0 Å². The van der Waals surface area contributed by atoms with Crippen LogP contribution in [-0.4, -0.2) is 36.5 Å². The van der Waals surface area contributed by atoms with E-state index in [1.807, 2.05) is 23.1 Å². The number of carbonyl (C=O) groups excluding carboxylic acids is 1. The Morgan fingerprint density at radius 2 is 2.09 bits per heavy atom. The van der Waals surface area contributed by atoms with Gasteiger partial charge in [-0.2, -0.15) is 0 Å². The van der Waals surface area contributed by atoms with E-state index in [1.165, 1.54) is 11.1 Å². The van der Waals surface area contributed by atoms with Crippen LogP contribution < -0.4 is 10.5 Å². The predicted molar refractivity (Wildman–Crippen MR) is 89.0 cm³/mol. The van der Waals surface area contributed by atoms with Crippen LogP contribution in [-0.2, 0) is 4.79 Å². The Hall–Kier alpha value is -1.55. The molecule has 1 aromatic carbocycles. The maximum absolute atomic E-state index is 12.3. The van der Waals surface area contributed by atoms with Crippen LogP contribution in [0.3, 0.4) is 0 Å². The molecule has 4 heteroatoms. The van der Waals surface area contributed by atoms with Crippen molar-refractivity contribution >= 4 is 5.91 Å². The number of nitrogens with two attached hydrogens (primary N) is 1. The molecular weight excluding hydrogens is 276 g/mol. The highest BCUT2D eigenvalue weighted by atomic mass is 16.5. The zero-order valence-electron chi connectivity index (χ0n) is 14.2. The number of carbonyl (C=O) groups is 1. The van der Waals surface area contributed by atoms with Gasteiger partial charge in [-0.05, 0) is 48.9 Å². The van der Waals surface area contributed by atoms with Crippen molar-refractivity contribution in [2.45, 2.75) is 46.6 Å². The molecule has 1 heterocycles. The van der Waals surface area contributed by atoms with Crippen molar-refractivity contribution in [3.63, 3.8) is 0 Å². The number of amides is 1. The van der Waals surface area contributed by atoms with Gasteiger partial charge in [-0.15, -0.1) is 0 Å². The zero-order valence-corrected chi connectivity index (χ0v) is 14.2. The highest BCUT2D eigenvalue weighted by Gasteiger charge is 2.35. The van der Waals surface area contributed by atoms with Crippen molar-refractivity contribution < 1.29 is 9.53 Å². The minimum atomic E-state index is -0.0111. The molecule has 1 aliphatic rings. The molecule has 1 atom stereocenters. The molecule has 2 N–H and O–H groups in total. The number of hydrogen-bond acceptors (Lipinski definition) is 3. The Kier molecular flexibility index (Phi) is 5.12. The molecule has 0 spiro atoms. The standard InChI is InChI=1S/C18H28N2O2/c1-13-5-6-15(11-14(13)2)22-10-8-17(21)20-9-7-16(19)18(3,4)12-20/h5-6,11,16H,7-10,12,19H2,1-4H3. The lowest BCUT2D eigenvalue weighted by atomic mass is 9.79. The van der Waals surface area contributed by atoms with Crippen molar-refractivity contribution in [3.8, 4) is 5.75 Å². The molecule has 1 saturated heterocycles. The van der Waals surface area contributed by atoms with E-state index in [4.69, 9.17) is 10.5 Å². The van der Waals surface area contributed by atoms with E-state index in [0.717, 1.165) is 25.3 Å². The number of hydrogen-bond donors (Lipinski definition) is 1. The van der Waals surface area contributed by atoms with Crippen LogP contribution in [0.5, 0.6) is 5.75 Å². The van der Waals surface area contributed by atoms with Crippen LogP contribution in [0.15, 0.2) is 18.2 Å². The summed E-state index contributed by atoms with van der Waals surface area (Å²) < 4.78 is 5.70. The Bertz CT molecular complexity index is 540. The fourth-order valence-corrected chi connectivity index (χ4v) is 2.80. The molecule has 0 radical (unpaired) electrons. The Morgan fingerprint density at radius 3 is 2.73 bits per heavy atom. The highest BCUT2D eigenvalue weighted by Crippen LogP contribution is 2.28. The van der Waals surface area contributed by atoms with E-state index in [2.05, 4.69) is 27.7 Å². The first-order chi connectivity index (χ1) is 10.3. The van der Waals surface area contributed by atoms with Gasteiger partial charge in [0.2, 0.25) is 5.91 Å². The summed E-state index contributed by atoms with van der Waals surface area (Å²) in [5, 5.41) is 0. The molecule has 2 rings (SSSR count). The minimum Gasteiger partial charge on any atom is -0.493 e. The zero-order chi connectivity index (χ0) is 16.3. The molecule has 1 aliphatic heterocycles. The molecule has 1 unspecified atom stereocenters. The van der Waals surface area contributed by atoms with Crippen molar-refractivity contribution in [1.29, 1.82) is 0 Å². The summed E-state index contributed by atoms with van der Waals surface area (Å²) in [6.45, 7) is 10.3. The number of aryl methyl sites for hydroxylation is 2. The SMILES string of the molecule is Cc1ccc(OCCC(=O)N2CCC(N)C(C)(C)C2)cc1C. The number of rotatable bonds is 4. The van der Waals surface area contributed by atoms with Crippen LogP contribution in [0.25, 0.3) is 0 Å². The molecule has 4 nitrogen and oxygen atoms in total. The fourth-order valence-electron chi connectivity index (χ4n) is 2.80. The molecule has 1 aromatic rings. The summed E-state index contributed by atoms with van der Waals surface area (Å²) in [5.74, 6) is 0.987. The summed E-state index contributed by atoms with van der Waals surface area (Å²) in [7, 11) is 0. The number of ether oxygens (including phenoxy) is 1. The molecule has 1 amide bonds. The second-order valence-corrected chi connectivity index (χ2v) is 7.04.